The largest absolute Gasteiger partial charge is 0.481 e. The van der Waals surface area contributed by atoms with Crippen molar-refractivity contribution in [2.75, 3.05) is 6.67 Å². The topological polar surface area (TPSA) is 139 Å². The summed E-state index contributed by atoms with van der Waals surface area (Å²) in [6.07, 6.45) is -1.84. The third kappa shape index (κ3) is 7.14. The highest BCUT2D eigenvalue weighted by Crippen LogP contribution is 2.07. The van der Waals surface area contributed by atoms with Crippen molar-refractivity contribution in [3.05, 3.63) is 35.9 Å². The zero-order chi connectivity index (χ0) is 21.3. The van der Waals surface area contributed by atoms with E-state index in [1.807, 2.05) is 0 Å². The van der Waals surface area contributed by atoms with Gasteiger partial charge in [0.25, 0.3) is 0 Å². The van der Waals surface area contributed by atoms with Gasteiger partial charge in [-0.3, -0.25) is 19.2 Å². The maximum absolute atomic E-state index is 12.4. The Morgan fingerprint density at radius 1 is 1.14 bits per heavy atom. The molecule has 152 valence electrons. The quantitative estimate of drug-likeness (QED) is 0.496. The molecular formula is C18H21FN2O7. The number of amides is 2. The molecule has 1 rings (SSSR count). The number of nitrogens with one attached hydrogen (secondary N) is 2. The molecule has 10 heteroatoms. The molecule has 0 aliphatic rings. The highest BCUT2D eigenvalue weighted by molar-refractivity contribution is 6.40. The lowest BCUT2D eigenvalue weighted by atomic mass is 10.0. The highest BCUT2D eigenvalue weighted by Gasteiger charge is 2.35. The van der Waals surface area contributed by atoms with Crippen molar-refractivity contribution in [2.24, 2.45) is 0 Å². The first-order valence-electron chi connectivity index (χ1n) is 8.21. The van der Waals surface area contributed by atoms with E-state index in [0.29, 0.717) is 0 Å². The van der Waals surface area contributed by atoms with E-state index >= 15 is 0 Å². The van der Waals surface area contributed by atoms with Crippen molar-refractivity contribution in [2.45, 2.75) is 38.5 Å². The lowest BCUT2D eigenvalue weighted by Crippen LogP contribution is -2.58. The summed E-state index contributed by atoms with van der Waals surface area (Å²) in [6, 6.07) is 7.01. The Bertz CT molecular complexity index is 750. The second-order valence-electron chi connectivity index (χ2n) is 6.36. The number of alkyl halides is 1. The molecule has 0 saturated carbocycles. The first kappa shape index (κ1) is 22.7. The number of carbonyl (C=O) groups is 5. The summed E-state index contributed by atoms with van der Waals surface area (Å²) in [6.45, 7) is 0.907. The van der Waals surface area contributed by atoms with Crippen molar-refractivity contribution in [1.29, 1.82) is 0 Å². The number of aliphatic carboxylic acids is 1. The molecule has 9 nitrogen and oxygen atoms in total. The van der Waals surface area contributed by atoms with Gasteiger partial charge in [0.2, 0.25) is 17.5 Å². The van der Waals surface area contributed by atoms with Crippen LogP contribution in [-0.4, -0.2) is 52.9 Å². The van der Waals surface area contributed by atoms with Crippen LogP contribution >= 0.6 is 0 Å². The molecule has 1 aromatic rings. The predicted molar refractivity (Wildman–Crippen MR) is 94.0 cm³/mol. The van der Waals surface area contributed by atoms with Crippen LogP contribution in [-0.2, 0) is 30.5 Å². The number of ether oxygens (including phenoxy) is 1. The van der Waals surface area contributed by atoms with Crippen LogP contribution in [0.5, 0.6) is 0 Å². The Morgan fingerprint density at radius 3 is 2.29 bits per heavy atom. The summed E-state index contributed by atoms with van der Waals surface area (Å²) in [4.78, 5) is 58.1. The summed E-state index contributed by atoms with van der Waals surface area (Å²) >= 11 is 0. The molecule has 0 fully saturated rings. The molecule has 3 N–H and O–H groups in total. The molecule has 0 radical (unpaired) electrons. The van der Waals surface area contributed by atoms with Crippen LogP contribution in [0.3, 0.4) is 0 Å². The molecule has 0 aliphatic heterocycles. The SMILES string of the molecule is CC(C)(NC(=O)OCc1ccccc1)C(=O)NC(CC(=O)O)C(=O)C(=O)CF. The lowest BCUT2D eigenvalue weighted by Gasteiger charge is -2.27. The molecule has 2 amide bonds. The van der Waals surface area contributed by atoms with E-state index in [0.717, 1.165) is 5.56 Å². The van der Waals surface area contributed by atoms with Gasteiger partial charge >= 0.3 is 12.1 Å². The van der Waals surface area contributed by atoms with E-state index in [2.05, 4.69) is 10.6 Å². The van der Waals surface area contributed by atoms with Gasteiger partial charge in [-0.05, 0) is 19.4 Å². The fraction of sp³-hybridized carbons (Fsp3) is 0.389. The smallest absolute Gasteiger partial charge is 0.408 e. The molecule has 0 saturated heterocycles. The molecule has 1 aromatic carbocycles. The number of Topliss-reactive ketones (excluding diaryl/α,β-unsaturated/α-hetero) is 2. The summed E-state index contributed by atoms with van der Waals surface area (Å²) in [7, 11) is 0. The minimum Gasteiger partial charge on any atom is -0.481 e. The average molecular weight is 396 g/mol. The Kier molecular flexibility index (Phi) is 8.24. The van der Waals surface area contributed by atoms with Gasteiger partial charge in [0.1, 0.15) is 18.2 Å². The molecule has 0 aliphatic carbocycles. The van der Waals surface area contributed by atoms with Crippen LogP contribution in [0.1, 0.15) is 25.8 Å². The van der Waals surface area contributed by atoms with Crippen LogP contribution in [0.2, 0.25) is 0 Å². The molecule has 28 heavy (non-hydrogen) atoms. The lowest BCUT2D eigenvalue weighted by molar-refractivity contribution is -0.143. The number of carbonyl (C=O) groups excluding carboxylic acids is 4. The average Bonchev–Trinajstić information content (AvgIpc) is 2.64. The normalized spacial score (nSPS) is 11.8. The first-order valence-corrected chi connectivity index (χ1v) is 8.21. The minimum atomic E-state index is -1.75. The molecule has 1 unspecified atom stereocenters. The van der Waals surface area contributed by atoms with E-state index in [1.165, 1.54) is 13.8 Å². The Morgan fingerprint density at radius 2 is 1.75 bits per heavy atom. The summed E-state index contributed by atoms with van der Waals surface area (Å²) in [5, 5.41) is 13.2. The fourth-order valence-corrected chi connectivity index (χ4v) is 2.05. The second kappa shape index (κ2) is 10.1. The Balaban J connectivity index is 2.71. The van der Waals surface area contributed by atoms with Crippen molar-refractivity contribution < 1.29 is 38.2 Å². The number of hydrogen-bond donors (Lipinski definition) is 3. The Labute approximate surface area is 160 Å². The van der Waals surface area contributed by atoms with E-state index < -0.39 is 54.2 Å². The number of alkyl carbamates (subject to hydrolysis) is 1. The monoisotopic (exact) mass is 396 g/mol. The van der Waals surface area contributed by atoms with Crippen molar-refractivity contribution in [3.63, 3.8) is 0 Å². The van der Waals surface area contributed by atoms with Gasteiger partial charge in [-0.25, -0.2) is 9.18 Å². The van der Waals surface area contributed by atoms with Crippen LogP contribution in [0, 0.1) is 0 Å². The number of halogens is 1. The molecular weight excluding hydrogens is 375 g/mol. The number of hydrogen-bond acceptors (Lipinski definition) is 6. The van der Waals surface area contributed by atoms with Gasteiger partial charge in [-0.1, -0.05) is 30.3 Å². The summed E-state index contributed by atoms with van der Waals surface area (Å²) < 4.78 is 17.4. The van der Waals surface area contributed by atoms with E-state index in [-0.39, 0.29) is 6.61 Å². The maximum atomic E-state index is 12.4. The van der Waals surface area contributed by atoms with Crippen molar-refractivity contribution in [1.82, 2.24) is 10.6 Å². The first-order chi connectivity index (χ1) is 13.1. The number of carboxylic acid groups (broad SMARTS) is 1. The van der Waals surface area contributed by atoms with Crippen LogP contribution in [0.4, 0.5) is 9.18 Å². The predicted octanol–water partition coefficient (Wildman–Crippen LogP) is 0.759. The minimum absolute atomic E-state index is 0.0461. The molecule has 1 atom stereocenters. The summed E-state index contributed by atoms with van der Waals surface area (Å²) in [5.74, 6) is -5.26. The number of benzene rings is 1. The van der Waals surface area contributed by atoms with Crippen molar-refractivity contribution >= 4 is 29.5 Å². The third-order valence-corrected chi connectivity index (χ3v) is 3.59. The van der Waals surface area contributed by atoms with Crippen LogP contribution in [0.25, 0.3) is 0 Å². The zero-order valence-corrected chi connectivity index (χ0v) is 15.4. The maximum Gasteiger partial charge on any atom is 0.408 e. The van der Waals surface area contributed by atoms with E-state index in [1.54, 1.807) is 30.3 Å². The number of rotatable bonds is 10. The van der Waals surface area contributed by atoms with Gasteiger partial charge in [-0.15, -0.1) is 0 Å². The standard InChI is InChI=1S/C18H21FN2O7/c1-18(2,21-17(27)28-10-11-6-4-3-5-7-11)16(26)20-12(8-14(23)24)15(25)13(22)9-19/h3-7,12H,8-10H2,1-2H3,(H,20,26)(H,21,27)(H,23,24). The summed E-state index contributed by atoms with van der Waals surface area (Å²) in [5.41, 5.74) is -0.888. The zero-order valence-electron chi connectivity index (χ0n) is 15.4. The van der Waals surface area contributed by atoms with Crippen LogP contribution in [0.15, 0.2) is 30.3 Å². The third-order valence-electron chi connectivity index (χ3n) is 3.59. The molecule has 0 aromatic heterocycles. The van der Waals surface area contributed by atoms with Gasteiger partial charge in [0.05, 0.1) is 6.42 Å². The Hall–Kier alpha value is -3.30. The molecule has 0 spiro atoms. The number of ketones is 2. The van der Waals surface area contributed by atoms with Crippen molar-refractivity contribution in [3.8, 4) is 0 Å². The van der Waals surface area contributed by atoms with Crippen LogP contribution < -0.4 is 10.6 Å². The fourth-order valence-electron chi connectivity index (χ4n) is 2.05. The molecule has 0 heterocycles. The van der Waals surface area contributed by atoms with Gasteiger partial charge < -0.3 is 20.5 Å². The van der Waals surface area contributed by atoms with Gasteiger partial charge in [-0.2, -0.15) is 0 Å². The van der Waals surface area contributed by atoms with Gasteiger partial charge in [0, 0.05) is 0 Å². The second-order valence-corrected chi connectivity index (χ2v) is 6.36. The van der Waals surface area contributed by atoms with E-state index in [9.17, 15) is 28.4 Å². The van der Waals surface area contributed by atoms with Gasteiger partial charge in [0.15, 0.2) is 6.67 Å². The number of carboxylic acids is 1. The van der Waals surface area contributed by atoms with E-state index in [4.69, 9.17) is 9.84 Å². The highest BCUT2D eigenvalue weighted by atomic mass is 19.1. The molecule has 0 bridgehead atoms.